The second-order valence-electron chi connectivity index (χ2n) is 4.94. The Balaban J connectivity index is 1.53. The largest absolute Gasteiger partial charge is 0.368 e. The van der Waals surface area contributed by atoms with Crippen molar-refractivity contribution in [3.63, 3.8) is 0 Å². The number of hydrazine groups is 1. The number of aromatic nitrogens is 1. The smallest absolute Gasteiger partial charge is 0.291 e. The van der Waals surface area contributed by atoms with Crippen molar-refractivity contribution in [1.29, 1.82) is 0 Å². The van der Waals surface area contributed by atoms with Crippen molar-refractivity contribution in [2.75, 3.05) is 6.61 Å². The number of carbonyl (C=O) groups excluding carboxylic acids is 2. The molecular formula is C12H15N3O4. The highest BCUT2D eigenvalue weighted by molar-refractivity contribution is 5.94. The molecule has 3 rings (SSSR count). The average molecular weight is 265 g/mol. The summed E-state index contributed by atoms with van der Waals surface area (Å²) in [7, 11) is 0. The van der Waals surface area contributed by atoms with Gasteiger partial charge < -0.3 is 9.26 Å². The van der Waals surface area contributed by atoms with Gasteiger partial charge in [0.2, 0.25) is 0 Å². The van der Waals surface area contributed by atoms with Crippen LogP contribution in [0.4, 0.5) is 0 Å². The van der Waals surface area contributed by atoms with E-state index in [0.717, 1.165) is 19.3 Å². The molecule has 7 heteroatoms. The van der Waals surface area contributed by atoms with Crippen LogP contribution in [0.5, 0.6) is 0 Å². The van der Waals surface area contributed by atoms with Crippen LogP contribution in [0.3, 0.4) is 0 Å². The van der Waals surface area contributed by atoms with E-state index >= 15 is 0 Å². The van der Waals surface area contributed by atoms with Gasteiger partial charge in [0.1, 0.15) is 12.4 Å². The molecule has 1 saturated carbocycles. The molecule has 0 bridgehead atoms. The molecule has 2 amide bonds. The molecule has 1 aromatic heterocycles. The molecule has 1 saturated heterocycles. The van der Waals surface area contributed by atoms with Crippen LogP contribution in [0.15, 0.2) is 16.9 Å². The molecule has 0 unspecified atom stereocenters. The number of amides is 2. The van der Waals surface area contributed by atoms with Gasteiger partial charge in [-0.2, -0.15) is 0 Å². The van der Waals surface area contributed by atoms with Crippen LogP contribution >= 0.6 is 0 Å². The average Bonchev–Trinajstić information content (AvgIpc) is 3.10. The minimum atomic E-state index is -0.511. The summed E-state index contributed by atoms with van der Waals surface area (Å²) in [6.07, 6.45) is 4.12. The first-order valence-corrected chi connectivity index (χ1v) is 6.38. The van der Waals surface area contributed by atoms with Crippen LogP contribution in [0, 0.1) is 11.8 Å². The molecule has 0 aromatic carbocycles. The Labute approximate surface area is 109 Å². The zero-order valence-corrected chi connectivity index (χ0v) is 10.3. The van der Waals surface area contributed by atoms with E-state index in [1.54, 1.807) is 0 Å². The molecular weight excluding hydrogens is 250 g/mol. The highest BCUT2D eigenvalue weighted by Crippen LogP contribution is 2.40. The van der Waals surface area contributed by atoms with E-state index in [9.17, 15) is 9.59 Å². The Morgan fingerprint density at radius 3 is 3.00 bits per heavy atom. The number of rotatable bonds is 2. The fraction of sp³-hybridized carbons (Fsp3) is 0.583. The first-order valence-electron chi connectivity index (χ1n) is 6.38. The number of hydrogen-bond donors (Lipinski definition) is 2. The van der Waals surface area contributed by atoms with Gasteiger partial charge in [-0.15, -0.1) is 0 Å². The zero-order chi connectivity index (χ0) is 13.2. The number of nitrogens with one attached hydrogen (secondary N) is 2. The number of ether oxygens (including phenoxy) is 1. The van der Waals surface area contributed by atoms with Crippen LogP contribution in [0.1, 0.15) is 29.8 Å². The first kappa shape index (κ1) is 12.2. The molecule has 19 heavy (non-hydrogen) atoms. The van der Waals surface area contributed by atoms with E-state index in [0.29, 0.717) is 12.5 Å². The van der Waals surface area contributed by atoms with Gasteiger partial charge in [0, 0.05) is 6.07 Å². The van der Waals surface area contributed by atoms with Crippen LogP contribution in [-0.4, -0.2) is 29.7 Å². The van der Waals surface area contributed by atoms with Crippen molar-refractivity contribution in [2.24, 2.45) is 11.8 Å². The van der Waals surface area contributed by atoms with Gasteiger partial charge in [-0.1, -0.05) is 11.6 Å². The Kier molecular flexibility index (Phi) is 3.20. The second-order valence-corrected chi connectivity index (χ2v) is 4.94. The second kappa shape index (κ2) is 5.00. The molecule has 1 aromatic rings. The molecule has 7 nitrogen and oxygen atoms in total. The van der Waals surface area contributed by atoms with E-state index in [2.05, 4.69) is 20.5 Å². The van der Waals surface area contributed by atoms with Crippen molar-refractivity contribution in [1.82, 2.24) is 16.0 Å². The summed E-state index contributed by atoms with van der Waals surface area (Å²) >= 11 is 0. The summed E-state index contributed by atoms with van der Waals surface area (Å²) in [4.78, 5) is 23.5. The Bertz CT molecular complexity index is 473. The number of hydrogen-bond acceptors (Lipinski definition) is 5. The van der Waals surface area contributed by atoms with Crippen molar-refractivity contribution >= 4 is 11.8 Å². The number of carbonyl (C=O) groups is 2. The molecule has 2 N–H and O–H groups in total. The van der Waals surface area contributed by atoms with Gasteiger partial charge in [-0.05, 0) is 24.7 Å². The lowest BCUT2D eigenvalue weighted by atomic mass is 9.94. The highest BCUT2D eigenvalue weighted by Gasteiger charge is 2.43. The van der Waals surface area contributed by atoms with E-state index in [4.69, 9.17) is 4.74 Å². The van der Waals surface area contributed by atoms with Crippen LogP contribution < -0.4 is 10.9 Å². The Morgan fingerprint density at radius 1 is 1.32 bits per heavy atom. The summed E-state index contributed by atoms with van der Waals surface area (Å²) in [6, 6.07) is 1.42. The van der Waals surface area contributed by atoms with Crippen LogP contribution in [0.2, 0.25) is 0 Å². The molecule has 102 valence electrons. The summed E-state index contributed by atoms with van der Waals surface area (Å²) in [6.45, 7) is 0.639. The predicted octanol–water partition coefficient (Wildman–Crippen LogP) is 0.251. The maximum absolute atomic E-state index is 12.0. The first-order chi connectivity index (χ1) is 9.25. The van der Waals surface area contributed by atoms with E-state index < -0.39 is 12.0 Å². The van der Waals surface area contributed by atoms with Crippen molar-refractivity contribution in [2.45, 2.75) is 25.4 Å². The van der Waals surface area contributed by atoms with Crippen LogP contribution in [-0.2, 0) is 9.53 Å². The minimum absolute atomic E-state index is 0.117. The zero-order valence-electron chi connectivity index (χ0n) is 10.3. The van der Waals surface area contributed by atoms with Gasteiger partial charge in [0.25, 0.3) is 11.8 Å². The summed E-state index contributed by atoms with van der Waals surface area (Å²) < 4.78 is 10.1. The maximum atomic E-state index is 12.0. The van der Waals surface area contributed by atoms with Crippen molar-refractivity contribution in [3.05, 3.63) is 18.0 Å². The Morgan fingerprint density at radius 2 is 2.21 bits per heavy atom. The molecule has 0 spiro atoms. The fourth-order valence-electron chi connectivity index (χ4n) is 2.88. The lowest BCUT2D eigenvalue weighted by molar-refractivity contribution is -0.132. The monoisotopic (exact) mass is 265 g/mol. The third-order valence-corrected chi connectivity index (χ3v) is 3.82. The number of fused-ring (bicyclic) bond motifs is 1. The third kappa shape index (κ3) is 2.33. The quantitative estimate of drug-likeness (QED) is 0.748. The molecule has 3 atom stereocenters. The van der Waals surface area contributed by atoms with Crippen molar-refractivity contribution < 1.29 is 18.8 Å². The molecule has 0 radical (unpaired) electrons. The van der Waals surface area contributed by atoms with Crippen LogP contribution in [0.25, 0.3) is 0 Å². The lowest BCUT2D eigenvalue weighted by Crippen LogP contribution is -2.48. The SMILES string of the molecule is O=C(NNC(=O)[C@@H]1OC[C@@H]2CCC[C@@H]21)c1ccon1. The summed E-state index contributed by atoms with van der Waals surface area (Å²) in [5.74, 6) is -0.0414. The van der Waals surface area contributed by atoms with E-state index in [1.165, 1.54) is 12.3 Å². The molecule has 2 aliphatic rings. The third-order valence-electron chi connectivity index (χ3n) is 3.82. The number of nitrogens with zero attached hydrogens (tertiary/aromatic N) is 1. The molecule has 2 heterocycles. The Hall–Kier alpha value is -1.89. The summed E-state index contributed by atoms with van der Waals surface area (Å²) in [5.41, 5.74) is 4.80. The molecule has 1 aliphatic heterocycles. The standard InChI is InChI=1S/C12H15N3O4/c16-11(9-4-5-19-15-9)13-14-12(17)10-8-3-1-2-7(8)6-18-10/h4-5,7-8,10H,1-3,6H2,(H,13,16)(H,14,17)/t7-,8-,10+/m0/s1. The minimum Gasteiger partial charge on any atom is -0.368 e. The van der Waals surface area contributed by atoms with E-state index in [1.807, 2.05) is 0 Å². The van der Waals surface area contributed by atoms with Gasteiger partial charge in [0.05, 0.1) is 6.61 Å². The van der Waals surface area contributed by atoms with Gasteiger partial charge >= 0.3 is 0 Å². The van der Waals surface area contributed by atoms with Crippen molar-refractivity contribution in [3.8, 4) is 0 Å². The summed E-state index contributed by atoms with van der Waals surface area (Å²) in [5, 5.41) is 3.48. The normalized spacial score (nSPS) is 28.9. The predicted molar refractivity (Wildman–Crippen MR) is 62.7 cm³/mol. The van der Waals surface area contributed by atoms with Gasteiger partial charge in [-0.25, -0.2) is 0 Å². The maximum Gasteiger partial charge on any atom is 0.291 e. The lowest BCUT2D eigenvalue weighted by Gasteiger charge is -2.16. The van der Waals surface area contributed by atoms with E-state index in [-0.39, 0.29) is 17.5 Å². The van der Waals surface area contributed by atoms with Gasteiger partial charge in [-0.3, -0.25) is 20.4 Å². The topological polar surface area (TPSA) is 93.5 Å². The molecule has 1 aliphatic carbocycles. The molecule has 2 fully saturated rings. The highest BCUT2D eigenvalue weighted by atomic mass is 16.5. The fourth-order valence-corrected chi connectivity index (χ4v) is 2.88. The van der Waals surface area contributed by atoms with Gasteiger partial charge in [0.15, 0.2) is 5.69 Å².